The average molecular weight is 420 g/mol. The molecule has 4 heterocycles. The third-order valence-corrected chi connectivity index (χ3v) is 7.61. The molecule has 3 aliphatic rings. The molecule has 0 spiro atoms. The Balaban J connectivity index is 1.26. The maximum Gasteiger partial charge on any atom is 0.246 e. The lowest BCUT2D eigenvalue weighted by Gasteiger charge is -2.20. The van der Waals surface area contributed by atoms with Crippen LogP contribution in [0.1, 0.15) is 40.6 Å². The van der Waals surface area contributed by atoms with E-state index in [0.29, 0.717) is 24.6 Å². The summed E-state index contributed by atoms with van der Waals surface area (Å²) in [7, 11) is 0. The fraction of sp³-hybridized carbons (Fsp3) is 0.375. The Morgan fingerprint density at radius 3 is 3.00 bits per heavy atom. The van der Waals surface area contributed by atoms with E-state index in [9.17, 15) is 9.59 Å². The summed E-state index contributed by atoms with van der Waals surface area (Å²) in [5.41, 5.74) is 3.41. The van der Waals surface area contributed by atoms with E-state index >= 15 is 0 Å². The molecular formula is C24H25N3O2S. The molecule has 0 aromatic carbocycles. The lowest BCUT2D eigenvalue weighted by molar-refractivity contribution is -0.125. The van der Waals surface area contributed by atoms with Gasteiger partial charge < -0.3 is 10.2 Å². The standard InChI is InChI=1S/C24H25N3O2S/c1-15-3-6-20(30-15)18-10-19-13-27(14-24(19,2)11-18)22(29)8-4-16-9-17-5-7-21(28)26-23(17)25-12-16/h3-4,6,8-9,11-12,19H,5,7,10,13-14H2,1-2H3,(H,25,26,28)/b8-4+. The first-order chi connectivity index (χ1) is 14.4. The van der Waals surface area contributed by atoms with Gasteiger partial charge in [0.1, 0.15) is 5.82 Å². The molecule has 2 atom stereocenters. The molecule has 1 saturated heterocycles. The third-order valence-electron chi connectivity index (χ3n) is 6.53. The Hall–Kier alpha value is -2.73. The minimum atomic E-state index is 0.00738. The van der Waals surface area contributed by atoms with Crippen LogP contribution in [0.5, 0.6) is 0 Å². The van der Waals surface area contributed by atoms with E-state index in [1.165, 1.54) is 15.3 Å². The van der Waals surface area contributed by atoms with Crippen molar-refractivity contribution in [1.82, 2.24) is 9.88 Å². The van der Waals surface area contributed by atoms with Gasteiger partial charge >= 0.3 is 0 Å². The molecule has 1 fully saturated rings. The molecule has 0 bridgehead atoms. The van der Waals surface area contributed by atoms with Crippen molar-refractivity contribution in [3.05, 3.63) is 57.4 Å². The van der Waals surface area contributed by atoms with E-state index < -0.39 is 0 Å². The molecule has 5 rings (SSSR count). The number of anilines is 1. The number of pyridine rings is 1. The summed E-state index contributed by atoms with van der Waals surface area (Å²) in [4.78, 5) is 33.3. The first kappa shape index (κ1) is 19.2. The molecule has 2 amide bonds. The number of nitrogens with one attached hydrogen (secondary N) is 1. The normalized spacial score (nSPS) is 25.3. The van der Waals surface area contributed by atoms with Crippen molar-refractivity contribution in [2.24, 2.45) is 11.3 Å². The topological polar surface area (TPSA) is 62.3 Å². The summed E-state index contributed by atoms with van der Waals surface area (Å²) in [6.07, 6.45) is 9.81. The van der Waals surface area contributed by atoms with E-state index in [1.54, 1.807) is 12.3 Å². The summed E-state index contributed by atoms with van der Waals surface area (Å²) in [6, 6.07) is 6.41. The number of amides is 2. The summed E-state index contributed by atoms with van der Waals surface area (Å²) in [5, 5.41) is 2.79. The molecule has 2 unspecified atom stereocenters. The summed E-state index contributed by atoms with van der Waals surface area (Å²) in [6.45, 7) is 6.00. The number of likely N-dealkylation sites (tertiary alicyclic amines) is 1. The van der Waals surface area contributed by atoms with Gasteiger partial charge in [-0.1, -0.05) is 13.0 Å². The number of carbonyl (C=O) groups excluding carboxylic acids is 2. The highest BCUT2D eigenvalue weighted by Crippen LogP contribution is 2.50. The van der Waals surface area contributed by atoms with E-state index in [2.05, 4.69) is 42.4 Å². The van der Waals surface area contributed by atoms with E-state index in [-0.39, 0.29) is 17.2 Å². The fourth-order valence-electron chi connectivity index (χ4n) is 4.85. The van der Waals surface area contributed by atoms with Crippen LogP contribution in [0, 0.1) is 18.3 Å². The molecular weight excluding hydrogens is 394 g/mol. The van der Waals surface area contributed by atoms with Crippen molar-refractivity contribution in [3.63, 3.8) is 0 Å². The smallest absolute Gasteiger partial charge is 0.246 e. The molecule has 6 heteroatoms. The van der Waals surface area contributed by atoms with Gasteiger partial charge in [0, 0.05) is 47.0 Å². The zero-order valence-corrected chi connectivity index (χ0v) is 18.1. The number of aryl methyl sites for hydroxylation is 2. The number of hydrogen-bond acceptors (Lipinski definition) is 4. The zero-order chi connectivity index (χ0) is 20.9. The van der Waals surface area contributed by atoms with Gasteiger partial charge in [-0.25, -0.2) is 4.98 Å². The van der Waals surface area contributed by atoms with Crippen molar-refractivity contribution in [2.75, 3.05) is 18.4 Å². The van der Waals surface area contributed by atoms with Crippen LogP contribution < -0.4 is 5.32 Å². The molecule has 30 heavy (non-hydrogen) atoms. The fourth-order valence-corrected chi connectivity index (χ4v) is 5.74. The molecule has 2 aromatic heterocycles. The van der Waals surface area contributed by atoms with Crippen LogP contribution >= 0.6 is 11.3 Å². The Morgan fingerprint density at radius 1 is 1.37 bits per heavy atom. The maximum atomic E-state index is 12.8. The number of nitrogens with zero attached hydrogens (tertiary/aromatic N) is 2. The van der Waals surface area contributed by atoms with Gasteiger partial charge in [0.2, 0.25) is 11.8 Å². The van der Waals surface area contributed by atoms with E-state index in [0.717, 1.165) is 30.6 Å². The third kappa shape index (κ3) is 3.49. The van der Waals surface area contributed by atoms with Gasteiger partial charge in [0.25, 0.3) is 0 Å². The highest BCUT2D eigenvalue weighted by molar-refractivity contribution is 7.13. The van der Waals surface area contributed by atoms with Gasteiger partial charge in [0.05, 0.1) is 0 Å². The Kier molecular flexibility index (Phi) is 4.62. The quantitative estimate of drug-likeness (QED) is 0.755. The number of rotatable bonds is 3. The maximum absolute atomic E-state index is 12.8. The first-order valence-electron chi connectivity index (χ1n) is 10.4. The molecule has 2 aliphatic heterocycles. The SMILES string of the molecule is Cc1ccc(C2=CC3(C)CN(C(=O)/C=C/c4cnc5c(c4)CCC(=O)N5)CC3C2)s1. The summed E-state index contributed by atoms with van der Waals surface area (Å²) < 4.78 is 0. The number of thiophene rings is 1. The number of carbonyl (C=O) groups is 2. The zero-order valence-electron chi connectivity index (χ0n) is 17.3. The predicted molar refractivity (Wildman–Crippen MR) is 120 cm³/mol. The van der Waals surface area contributed by atoms with Crippen LogP contribution in [0.4, 0.5) is 5.82 Å². The molecule has 0 radical (unpaired) electrons. The lowest BCUT2D eigenvalue weighted by Crippen LogP contribution is -2.29. The van der Waals surface area contributed by atoms with Crippen LogP contribution in [0.3, 0.4) is 0 Å². The van der Waals surface area contributed by atoms with Crippen LogP contribution in [-0.4, -0.2) is 34.8 Å². The second-order valence-electron chi connectivity index (χ2n) is 8.86. The van der Waals surface area contributed by atoms with Crippen molar-refractivity contribution in [3.8, 4) is 0 Å². The van der Waals surface area contributed by atoms with Crippen LogP contribution in [0.2, 0.25) is 0 Å². The minimum absolute atomic E-state index is 0.00738. The van der Waals surface area contributed by atoms with Crippen molar-refractivity contribution in [1.29, 1.82) is 0 Å². The summed E-state index contributed by atoms with van der Waals surface area (Å²) >= 11 is 1.86. The largest absolute Gasteiger partial charge is 0.338 e. The van der Waals surface area contributed by atoms with Crippen molar-refractivity contribution in [2.45, 2.75) is 33.1 Å². The highest BCUT2D eigenvalue weighted by atomic mass is 32.1. The second-order valence-corrected chi connectivity index (χ2v) is 10.2. The van der Waals surface area contributed by atoms with Gasteiger partial charge in [-0.3, -0.25) is 9.59 Å². The molecule has 0 saturated carbocycles. The van der Waals surface area contributed by atoms with Crippen LogP contribution in [-0.2, 0) is 16.0 Å². The highest BCUT2D eigenvalue weighted by Gasteiger charge is 2.46. The number of fused-ring (bicyclic) bond motifs is 2. The minimum Gasteiger partial charge on any atom is -0.338 e. The van der Waals surface area contributed by atoms with Gasteiger partial charge in [-0.2, -0.15) is 0 Å². The van der Waals surface area contributed by atoms with E-state index in [1.807, 2.05) is 28.4 Å². The lowest BCUT2D eigenvalue weighted by atomic mass is 9.83. The van der Waals surface area contributed by atoms with Gasteiger partial charge in [-0.15, -0.1) is 11.3 Å². The molecule has 1 N–H and O–H groups in total. The Bertz CT molecular complexity index is 1100. The number of allylic oxidation sites excluding steroid dienone is 1. The number of aromatic nitrogens is 1. The van der Waals surface area contributed by atoms with Crippen LogP contribution in [0.15, 0.2) is 36.5 Å². The van der Waals surface area contributed by atoms with Crippen molar-refractivity contribution < 1.29 is 9.59 Å². The second kappa shape index (κ2) is 7.20. The predicted octanol–water partition coefficient (Wildman–Crippen LogP) is 4.30. The Morgan fingerprint density at radius 2 is 2.23 bits per heavy atom. The molecule has 2 aromatic rings. The average Bonchev–Trinajstić information content (AvgIpc) is 3.37. The van der Waals surface area contributed by atoms with Crippen molar-refractivity contribution >= 4 is 40.6 Å². The summed E-state index contributed by atoms with van der Waals surface area (Å²) in [5.74, 6) is 1.19. The van der Waals surface area contributed by atoms with Crippen LogP contribution in [0.25, 0.3) is 11.6 Å². The van der Waals surface area contributed by atoms with E-state index in [4.69, 9.17) is 0 Å². The molecule has 154 valence electrons. The van der Waals surface area contributed by atoms with Gasteiger partial charge in [0.15, 0.2) is 0 Å². The molecule has 5 nitrogen and oxygen atoms in total. The monoisotopic (exact) mass is 419 g/mol. The molecule has 1 aliphatic carbocycles. The number of hydrogen-bond donors (Lipinski definition) is 1. The van der Waals surface area contributed by atoms with Gasteiger partial charge in [-0.05, 0) is 66.7 Å². The first-order valence-corrected chi connectivity index (χ1v) is 11.3. The Labute approximate surface area is 180 Å².